The van der Waals surface area contributed by atoms with Crippen LogP contribution in [0.4, 0.5) is 4.79 Å². The molecule has 0 aromatic heterocycles. The average Bonchev–Trinajstić information content (AvgIpc) is 3.20. The molecule has 3 aliphatic carbocycles. The van der Waals surface area contributed by atoms with Gasteiger partial charge in [0.1, 0.15) is 41.4 Å². The van der Waals surface area contributed by atoms with E-state index in [1.54, 1.807) is 90.9 Å². The Kier molecular flexibility index (Phi) is 12.8. The maximum atomic E-state index is 15.6. The van der Waals surface area contributed by atoms with E-state index >= 15 is 4.79 Å². The molecule has 2 aromatic carbocycles. The maximum Gasteiger partial charge on any atom is 0.408 e. The molecule has 1 heterocycles. The van der Waals surface area contributed by atoms with Gasteiger partial charge in [-0.25, -0.2) is 14.4 Å². The Morgan fingerprint density at radius 3 is 2.19 bits per heavy atom. The van der Waals surface area contributed by atoms with Gasteiger partial charge in [-0.3, -0.25) is 9.59 Å². The molecule has 2 bridgehead atoms. The van der Waals surface area contributed by atoms with Gasteiger partial charge in [0.2, 0.25) is 0 Å². The number of ether oxygens (including phenoxy) is 8. The normalized spacial score (nSPS) is 32.2. The summed E-state index contributed by atoms with van der Waals surface area (Å²) >= 11 is 0. The lowest BCUT2D eigenvalue weighted by Crippen LogP contribution is -2.82. The van der Waals surface area contributed by atoms with Crippen molar-refractivity contribution >= 4 is 29.8 Å². The molecule has 11 atom stereocenters. The maximum absolute atomic E-state index is 15.6. The predicted octanol–water partition coefficient (Wildman–Crippen LogP) is 4.58. The minimum atomic E-state index is -2.26. The minimum Gasteiger partial charge on any atom is -0.497 e. The molecule has 1 amide bonds. The Morgan fingerprint density at radius 1 is 0.952 bits per heavy atom. The summed E-state index contributed by atoms with van der Waals surface area (Å²) in [6.45, 7) is 12.6. The number of hydrogen-bond donors (Lipinski definition) is 3. The van der Waals surface area contributed by atoms with Crippen LogP contribution in [0, 0.1) is 16.7 Å². The molecule has 2 saturated carbocycles. The van der Waals surface area contributed by atoms with Gasteiger partial charge in [0.25, 0.3) is 0 Å². The lowest BCUT2D eigenvalue weighted by Gasteiger charge is -2.67. The average molecular weight is 866 g/mol. The number of rotatable bonds is 11. The van der Waals surface area contributed by atoms with Crippen molar-refractivity contribution < 1.29 is 72.1 Å². The number of Topliss-reactive ketones (excluding diaryl/α,β-unsaturated/α-hetero) is 1. The monoisotopic (exact) mass is 865 g/mol. The zero-order valence-corrected chi connectivity index (χ0v) is 37.1. The highest BCUT2D eigenvalue weighted by Crippen LogP contribution is 2.64. The fourth-order valence-electron chi connectivity index (χ4n) is 10.2. The van der Waals surface area contributed by atoms with Gasteiger partial charge in [0.15, 0.2) is 17.5 Å². The van der Waals surface area contributed by atoms with Crippen LogP contribution in [0.5, 0.6) is 5.75 Å². The zero-order chi connectivity index (χ0) is 45.7. The Hall–Kier alpha value is -4.87. The standard InChI is InChI=1S/C46H59NO15/c1-24-29(59-40(52)34(49)33(26-16-13-12-14-17-26)47-41(53)62-42(3,4)5)22-46(54)38(60-39(51)27-18-15-19-28(20-27)55-9)36-44(8,37(50)35(57-11)32(24)43(46,6)7)30(56-10)21-31-45(36,23-58-31)61-25(2)48/h12-20,29-31,33-36,38,49,54H,21-23H2,1-11H3,(H,47,53)/t29-,30-,31+,33-,34+,35+,36-,38-,44+,45-,46+/m0/s1. The topological polar surface area (TPSA) is 212 Å². The van der Waals surface area contributed by atoms with Crippen LogP contribution in [0.2, 0.25) is 0 Å². The van der Waals surface area contributed by atoms with E-state index in [1.807, 2.05) is 0 Å². The number of benzene rings is 2. The van der Waals surface area contributed by atoms with Gasteiger partial charge >= 0.3 is 24.0 Å². The summed E-state index contributed by atoms with van der Waals surface area (Å²) in [4.78, 5) is 70.5. The van der Waals surface area contributed by atoms with E-state index in [9.17, 15) is 29.4 Å². The summed E-state index contributed by atoms with van der Waals surface area (Å²) in [5, 5.41) is 28.1. The third kappa shape index (κ3) is 7.89. The number of ketones is 1. The molecule has 3 N–H and O–H groups in total. The third-order valence-electron chi connectivity index (χ3n) is 13.3. The molecule has 0 unspecified atom stereocenters. The van der Waals surface area contributed by atoms with Crippen molar-refractivity contribution in [1.82, 2.24) is 5.32 Å². The van der Waals surface area contributed by atoms with E-state index in [1.165, 1.54) is 40.4 Å². The highest BCUT2D eigenvalue weighted by molar-refractivity contribution is 5.94. The van der Waals surface area contributed by atoms with Crippen LogP contribution in [0.1, 0.15) is 90.2 Å². The number of nitrogens with one attached hydrogen (secondary N) is 1. The van der Waals surface area contributed by atoms with Crippen molar-refractivity contribution in [3.8, 4) is 5.75 Å². The fraction of sp³-hybridized carbons (Fsp3) is 0.587. The Morgan fingerprint density at radius 2 is 1.63 bits per heavy atom. The zero-order valence-electron chi connectivity index (χ0n) is 37.1. The molecular weight excluding hydrogens is 806 g/mol. The van der Waals surface area contributed by atoms with Crippen LogP contribution < -0.4 is 10.1 Å². The number of hydrogen-bond acceptors (Lipinski definition) is 15. The molecule has 16 nitrogen and oxygen atoms in total. The molecule has 1 aliphatic heterocycles. The summed E-state index contributed by atoms with van der Waals surface area (Å²) in [6.07, 6.45) is -9.51. The van der Waals surface area contributed by atoms with Gasteiger partial charge in [-0.1, -0.05) is 50.2 Å². The first-order valence-electron chi connectivity index (χ1n) is 20.6. The summed E-state index contributed by atoms with van der Waals surface area (Å²) in [5.41, 5.74) is -6.99. The highest BCUT2D eigenvalue weighted by Gasteiger charge is 2.78. The SMILES string of the molecule is COc1cccc(C(=O)O[C@H]2[C@@H]3[C@]4(OC(C)=O)CO[C@@H]4C[C@H](OC)[C@@]3(C)C(=O)[C@H](OC)C3=C(C)[C@@H](OC(=O)[C@H](O)[C@@H](NC(=O)OC(C)(C)C)c4ccccc4)C[C@]2(O)C3(C)C)c1. The summed E-state index contributed by atoms with van der Waals surface area (Å²) in [6, 6.07) is 13.1. The first kappa shape index (κ1) is 46.6. The van der Waals surface area contributed by atoms with E-state index < -0.39 is 112 Å². The first-order valence-corrected chi connectivity index (χ1v) is 20.6. The summed E-state index contributed by atoms with van der Waals surface area (Å²) in [7, 11) is 4.21. The van der Waals surface area contributed by atoms with Crippen molar-refractivity contribution in [2.45, 2.75) is 128 Å². The molecule has 4 aliphatic rings. The molecule has 2 aromatic rings. The van der Waals surface area contributed by atoms with Crippen LogP contribution in [-0.4, -0.2) is 121 Å². The molecule has 62 heavy (non-hydrogen) atoms. The van der Waals surface area contributed by atoms with Gasteiger partial charge in [0.05, 0.1) is 42.8 Å². The molecule has 3 fully saturated rings. The van der Waals surface area contributed by atoms with Gasteiger partial charge in [-0.2, -0.15) is 0 Å². The van der Waals surface area contributed by atoms with E-state index in [0.717, 1.165) is 0 Å². The number of esters is 3. The van der Waals surface area contributed by atoms with Crippen LogP contribution in [0.3, 0.4) is 0 Å². The van der Waals surface area contributed by atoms with Gasteiger partial charge in [0, 0.05) is 39.4 Å². The largest absolute Gasteiger partial charge is 0.497 e. The van der Waals surface area contributed by atoms with E-state index in [2.05, 4.69) is 5.32 Å². The molecular formula is C46H59NO15. The first-order chi connectivity index (χ1) is 29.0. The molecule has 16 heteroatoms. The quantitative estimate of drug-likeness (QED) is 0.160. The van der Waals surface area contributed by atoms with Crippen molar-refractivity contribution in [1.29, 1.82) is 0 Å². The third-order valence-corrected chi connectivity index (χ3v) is 13.3. The summed E-state index contributed by atoms with van der Waals surface area (Å²) < 4.78 is 47.9. The van der Waals surface area contributed by atoms with E-state index in [-0.39, 0.29) is 24.2 Å². The minimum absolute atomic E-state index is 0.0518. The number of fused-ring (bicyclic) bond motifs is 5. The van der Waals surface area contributed by atoms with Crippen LogP contribution in [0.25, 0.3) is 0 Å². The van der Waals surface area contributed by atoms with Crippen LogP contribution in [0.15, 0.2) is 65.7 Å². The van der Waals surface area contributed by atoms with E-state index in [0.29, 0.717) is 16.9 Å². The number of alkyl carbamates (subject to hydrolysis) is 1. The number of carbonyl (C=O) groups excluding carboxylic acids is 5. The molecule has 0 radical (unpaired) electrons. The Labute approximate surface area is 361 Å². The number of amides is 1. The molecule has 6 rings (SSSR count). The van der Waals surface area contributed by atoms with Gasteiger partial charge < -0.3 is 53.4 Å². The van der Waals surface area contributed by atoms with Crippen molar-refractivity contribution in [3.63, 3.8) is 0 Å². The Balaban J connectivity index is 1.53. The smallest absolute Gasteiger partial charge is 0.408 e. The number of carbonyl (C=O) groups is 5. The second-order valence-corrected chi connectivity index (χ2v) is 18.4. The number of aliphatic hydroxyl groups excluding tert-OH is 1. The second-order valence-electron chi connectivity index (χ2n) is 18.4. The van der Waals surface area contributed by atoms with Crippen LogP contribution >= 0.6 is 0 Å². The highest BCUT2D eigenvalue weighted by atomic mass is 16.6. The lowest BCUT2D eigenvalue weighted by atomic mass is 9.44. The predicted molar refractivity (Wildman–Crippen MR) is 220 cm³/mol. The van der Waals surface area contributed by atoms with Crippen molar-refractivity contribution in [2.24, 2.45) is 16.7 Å². The fourth-order valence-corrected chi connectivity index (χ4v) is 10.2. The molecule has 0 spiro atoms. The number of methoxy groups -OCH3 is 3. The van der Waals surface area contributed by atoms with Crippen molar-refractivity contribution in [3.05, 3.63) is 76.9 Å². The van der Waals surface area contributed by atoms with Gasteiger partial charge in [-0.05, 0) is 69.5 Å². The summed E-state index contributed by atoms with van der Waals surface area (Å²) in [5.74, 6) is -4.32. The molecule has 1 saturated heterocycles. The number of aliphatic hydroxyl groups is 2. The second kappa shape index (κ2) is 17.0. The van der Waals surface area contributed by atoms with E-state index in [4.69, 9.17) is 37.9 Å². The van der Waals surface area contributed by atoms with Crippen molar-refractivity contribution in [2.75, 3.05) is 27.9 Å². The Bertz CT molecular complexity index is 2100. The molecule has 338 valence electrons. The lowest BCUT2D eigenvalue weighted by molar-refractivity contribution is -0.347. The van der Waals surface area contributed by atoms with Crippen LogP contribution in [-0.2, 0) is 47.5 Å². The van der Waals surface area contributed by atoms with Gasteiger partial charge in [-0.15, -0.1) is 0 Å².